The van der Waals surface area contributed by atoms with Crippen LogP contribution in [0.15, 0.2) is 54.9 Å². The fraction of sp³-hybridized carbons (Fsp3) is 0.0588. The fourth-order valence-corrected chi connectivity index (χ4v) is 2.59. The molecule has 0 unspecified atom stereocenters. The molecule has 0 atom stereocenters. The van der Waals surface area contributed by atoms with Crippen molar-refractivity contribution in [3.63, 3.8) is 0 Å². The number of fused-ring (bicyclic) bond motifs is 1. The monoisotopic (exact) mass is 323 g/mol. The molecule has 0 aliphatic carbocycles. The number of hydrogen-bond donors (Lipinski definition) is 2. The van der Waals surface area contributed by atoms with E-state index in [1.165, 1.54) is 5.56 Å². The first-order valence-electron chi connectivity index (χ1n) is 7.22. The van der Waals surface area contributed by atoms with Gasteiger partial charge in [0.15, 0.2) is 5.82 Å². The molecular weight excluding hydrogens is 310 g/mol. The number of aromatic amines is 1. The van der Waals surface area contributed by atoms with Crippen LogP contribution < -0.4 is 5.32 Å². The van der Waals surface area contributed by atoms with Gasteiger partial charge in [0.2, 0.25) is 0 Å². The largest absolute Gasteiger partial charge is 0.338 e. The third-order valence-electron chi connectivity index (χ3n) is 3.66. The quantitative estimate of drug-likeness (QED) is 0.586. The van der Waals surface area contributed by atoms with Gasteiger partial charge >= 0.3 is 0 Å². The molecule has 2 aromatic heterocycles. The third-order valence-corrected chi connectivity index (χ3v) is 3.91. The van der Waals surface area contributed by atoms with E-state index >= 15 is 0 Å². The summed E-state index contributed by atoms with van der Waals surface area (Å²) in [6, 6.07) is 15.8. The summed E-state index contributed by atoms with van der Waals surface area (Å²) in [7, 11) is 0. The molecule has 0 saturated carbocycles. The van der Waals surface area contributed by atoms with E-state index in [2.05, 4.69) is 39.4 Å². The number of hydrogen-bond acceptors (Lipinski definition) is 3. The van der Waals surface area contributed by atoms with Gasteiger partial charge in [-0.15, -0.1) is 0 Å². The Labute approximate surface area is 137 Å². The van der Waals surface area contributed by atoms with E-state index in [0.29, 0.717) is 10.8 Å². The molecular formula is C17H14ClN5. The molecule has 114 valence electrons. The van der Waals surface area contributed by atoms with E-state index in [4.69, 9.17) is 11.6 Å². The van der Waals surface area contributed by atoms with Crippen LogP contribution in [0.25, 0.3) is 17.0 Å². The van der Waals surface area contributed by atoms with Crippen LogP contribution in [0.2, 0.25) is 5.02 Å². The van der Waals surface area contributed by atoms with E-state index < -0.39 is 0 Å². The molecule has 0 spiro atoms. The number of halogens is 1. The lowest BCUT2D eigenvalue weighted by Crippen LogP contribution is -1.97. The maximum absolute atomic E-state index is 5.98. The van der Waals surface area contributed by atoms with Gasteiger partial charge in [-0.05, 0) is 31.2 Å². The highest BCUT2D eigenvalue weighted by atomic mass is 35.5. The Bertz CT molecular complexity index is 951. The molecule has 0 saturated heterocycles. The Morgan fingerprint density at radius 3 is 2.52 bits per heavy atom. The number of aromatic nitrogens is 4. The number of benzene rings is 2. The van der Waals surface area contributed by atoms with Crippen LogP contribution in [0.1, 0.15) is 5.56 Å². The molecule has 2 aromatic carbocycles. The van der Waals surface area contributed by atoms with Crippen molar-refractivity contribution in [1.29, 1.82) is 0 Å². The minimum Gasteiger partial charge on any atom is -0.338 e. The number of aryl methyl sites for hydroxylation is 1. The average Bonchev–Trinajstić information content (AvgIpc) is 3.13. The highest BCUT2D eigenvalue weighted by molar-refractivity contribution is 6.30. The number of nitrogens with one attached hydrogen (secondary N) is 2. The SMILES string of the molecule is Cc1ccc(Nc2c(-c3ccc(Cl)cc3)nc3nc[nH]n23)cc1. The second-order valence-electron chi connectivity index (χ2n) is 5.33. The van der Waals surface area contributed by atoms with E-state index in [1.54, 1.807) is 6.33 Å². The van der Waals surface area contributed by atoms with Crippen LogP contribution >= 0.6 is 11.6 Å². The molecule has 23 heavy (non-hydrogen) atoms. The third kappa shape index (κ3) is 2.55. The number of nitrogens with zero attached hydrogens (tertiary/aromatic N) is 3. The first-order chi connectivity index (χ1) is 11.2. The summed E-state index contributed by atoms with van der Waals surface area (Å²) >= 11 is 5.98. The molecule has 0 aliphatic rings. The molecule has 0 bridgehead atoms. The number of imidazole rings is 1. The Morgan fingerprint density at radius 2 is 1.78 bits per heavy atom. The minimum absolute atomic E-state index is 0.615. The van der Waals surface area contributed by atoms with Gasteiger partial charge < -0.3 is 5.32 Å². The predicted octanol–water partition coefficient (Wildman–Crippen LogP) is 4.43. The van der Waals surface area contributed by atoms with Gasteiger partial charge in [0, 0.05) is 16.3 Å². The topological polar surface area (TPSA) is 58.0 Å². The lowest BCUT2D eigenvalue weighted by Gasteiger charge is -2.08. The highest BCUT2D eigenvalue weighted by Crippen LogP contribution is 2.30. The van der Waals surface area contributed by atoms with E-state index in [-0.39, 0.29) is 0 Å². The number of rotatable bonds is 3. The lowest BCUT2D eigenvalue weighted by molar-refractivity contribution is 0.980. The first-order valence-corrected chi connectivity index (χ1v) is 7.60. The summed E-state index contributed by atoms with van der Waals surface area (Å²) in [4.78, 5) is 8.83. The maximum atomic E-state index is 5.98. The summed E-state index contributed by atoms with van der Waals surface area (Å²) in [5.41, 5.74) is 4.00. The second-order valence-corrected chi connectivity index (χ2v) is 5.77. The van der Waals surface area contributed by atoms with Crippen LogP contribution in [0.5, 0.6) is 0 Å². The predicted molar refractivity (Wildman–Crippen MR) is 92.2 cm³/mol. The summed E-state index contributed by atoms with van der Waals surface area (Å²) in [6.45, 7) is 2.06. The smallest absolute Gasteiger partial charge is 0.252 e. The summed E-state index contributed by atoms with van der Waals surface area (Å²) in [5, 5.41) is 7.19. The number of H-pyrrole nitrogens is 1. The first kappa shape index (κ1) is 13.8. The van der Waals surface area contributed by atoms with Crippen LogP contribution in [0, 0.1) is 6.92 Å². The molecule has 0 fully saturated rings. The van der Waals surface area contributed by atoms with Crippen LogP contribution in [0.3, 0.4) is 0 Å². The van der Waals surface area contributed by atoms with Gasteiger partial charge in [-0.1, -0.05) is 41.4 Å². The normalized spacial score (nSPS) is 11.0. The second kappa shape index (κ2) is 5.44. The van der Waals surface area contributed by atoms with Gasteiger partial charge in [0.25, 0.3) is 5.78 Å². The van der Waals surface area contributed by atoms with Gasteiger partial charge in [-0.25, -0.2) is 14.5 Å². The zero-order chi connectivity index (χ0) is 15.8. The van der Waals surface area contributed by atoms with Crippen molar-refractivity contribution in [2.75, 3.05) is 5.32 Å². The molecule has 2 heterocycles. The average molecular weight is 324 g/mol. The van der Waals surface area contributed by atoms with Crippen molar-refractivity contribution in [2.24, 2.45) is 0 Å². The molecule has 4 rings (SSSR count). The van der Waals surface area contributed by atoms with E-state index in [9.17, 15) is 0 Å². The summed E-state index contributed by atoms with van der Waals surface area (Å²) < 4.78 is 1.82. The molecule has 0 aliphatic heterocycles. The molecule has 0 amide bonds. The highest BCUT2D eigenvalue weighted by Gasteiger charge is 2.16. The van der Waals surface area contributed by atoms with Crippen molar-refractivity contribution in [3.05, 3.63) is 65.4 Å². The van der Waals surface area contributed by atoms with Crippen LogP contribution in [-0.2, 0) is 0 Å². The maximum Gasteiger partial charge on any atom is 0.252 e. The number of anilines is 2. The molecule has 6 heteroatoms. The Kier molecular flexibility index (Phi) is 3.28. The standard InChI is InChI=1S/C17H14ClN5/c1-11-2-8-14(9-3-11)21-16-15(12-4-6-13(18)7-5-12)22-17-19-10-20-23(16)17/h2-10,21H,1H3,(H,19,20,22). The fourth-order valence-electron chi connectivity index (χ4n) is 2.46. The van der Waals surface area contributed by atoms with E-state index in [0.717, 1.165) is 22.8 Å². The van der Waals surface area contributed by atoms with Gasteiger partial charge in [0.1, 0.15) is 12.0 Å². The van der Waals surface area contributed by atoms with Crippen LogP contribution in [-0.4, -0.2) is 19.6 Å². The van der Waals surface area contributed by atoms with Gasteiger partial charge in [-0.2, -0.15) is 0 Å². The Hall–Kier alpha value is -2.79. The molecule has 4 aromatic rings. The molecule has 5 nitrogen and oxygen atoms in total. The molecule has 2 N–H and O–H groups in total. The Balaban J connectivity index is 1.83. The van der Waals surface area contributed by atoms with Gasteiger partial charge in [0.05, 0.1) is 0 Å². The van der Waals surface area contributed by atoms with Gasteiger partial charge in [-0.3, -0.25) is 5.10 Å². The van der Waals surface area contributed by atoms with Crippen molar-refractivity contribution < 1.29 is 0 Å². The van der Waals surface area contributed by atoms with Crippen molar-refractivity contribution in [1.82, 2.24) is 19.6 Å². The van der Waals surface area contributed by atoms with E-state index in [1.807, 2.05) is 40.9 Å². The zero-order valence-electron chi connectivity index (χ0n) is 12.4. The van der Waals surface area contributed by atoms with Crippen molar-refractivity contribution in [3.8, 4) is 11.3 Å². The van der Waals surface area contributed by atoms with Crippen molar-refractivity contribution >= 4 is 28.9 Å². The lowest BCUT2D eigenvalue weighted by atomic mass is 10.1. The summed E-state index contributed by atoms with van der Waals surface area (Å²) in [6.07, 6.45) is 1.62. The van der Waals surface area contributed by atoms with Crippen LogP contribution in [0.4, 0.5) is 11.5 Å². The zero-order valence-corrected chi connectivity index (χ0v) is 13.2. The Morgan fingerprint density at radius 1 is 1.04 bits per heavy atom. The summed E-state index contributed by atoms with van der Waals surface area (Å²) in [5.74, 6) is 1.45. The minimum atomic E-state index is 0.615. The van der Waals surface area contributed by atoms with Crippen molar-refractivity contribution in [2.45, 2.75) is 6.92 Å². The molecule has 0 radical (unpaired) electrons.